The number of anilines is 1. The van der Waals surface area contributed by atoms with Gasteiger partial charge >= 0.3 is 0 Å². The van der Waals surface area contributed by atoms with Crippen LogP contribution < -0.4 is 10.1 Å². The highest BCUT2D eigenvalue weighted by molar-refractivity contribution is 6.13. The van der Waals surface area contributed by atoms with Crippen LogP contribution in [0.4, 0.5) is 5.69 Å². The third-order valence-electron chi connectivity index (χ3n) is 3.81. The Kier molecular flexibility index (Phi) is 3.33. The Hall–Kier alpha value is -2.81. The number of aliphatic hydroxyl groups is 1. The normalized spacial score (nSPS) is 19.1. The van der Waals surface area contributed by atoms with Gasteiger partial charge in [0.1, 0.15) is 5.75 Å². The van der Waals surface area contributed by atoms with E-state index in [9.17, 15) is 9.90 Å². The smallest absolute Gasteiger partial charge is 0.266 e. The van der Waals surface area contributed by atoms with Crippen LogP contribution in [0.3, 0.4) is 0 Å². The van der Waals surface area contributed by atoms with Crippen LogP contribution >= 0.6 is 0 Å². The van der Waals surface area contributed by atoms with Crippen molar-refractivity contribution in [1.29, 1.82) is 0 Å². The average molecular weight is 293 g/mol. The quantitative estimate of drug-likeness (QED) is 0.855. The van der Waals surface area contributed by atoms with E-state index < -0.39 is 11.5 Å². The molecule has 3 rings (SSSR count). The third-order valence-corrected chi connectivity index (χ3v) is 3.81. The average Bonchev–Trinajstić information content (AvgIpc) is 2.81. The van der Waals surface area contributed by atoms with Gasteiger partial charge in [0.05, 0.1) is 7.11 Å². The molecule has 0 aliphatic carbocycles. The van der Waals surface area contributed by atoms with E-state index in [1.807, 2.05) is 0 Å². The zero-order valence-corrected chi connectivity index (χ0v) is 12.1. The topological polar surface area (TPSA) is 58.6 Å². The first-order chi connectivity index (χ1) is 10.6. The highest BCUT2D eigenvalue weighted by Gasteiger charge is 2.48. The van der Waals surface area contributed by atoms with Crippen molar-refractivity contribution < 1.29 is 14.6 Å². The number of carbonyl (C=O) groups excluding carboxylic acids is 1. The highest BCUT2D eigenvalue weighted by Crippen LogP contribution is 2.44. The Morgan fingerprint density at radius 3 is 2.55 bits per heavy atom. The van der Waals surface area contributed by atoms with Crippen LogP contribution in [0.2, 0.25) is 0 Å². The largest absolute Gasteiger partial charge is 0.497 e. The van der Waals surface area contributed by atoms with Crippen molar-refractivity contribution >= 4 is 17.2 Å². The fraction of sp³-hybridized carbons (Fsp3) is 0.111. The summed E-state index contributed by atoms with van der Waals surface area (Å²) in [5.41, 5.74) is 3.00. The zero-order chi connectivity index (χ0) is 15.7. The van der Waals surface area contributed by atoms with Crippen LogP contribution in [0.1, 0.15) is 11.1 Å². The Morgan fingerprint density at radius 2 is 1.91 bits per heavy atom. The minimum Gasteiger partial charge on any atom is -0.497 e. The molecule has 2 N–H and O–H groups in total. The molecule has 4 nitrogen and oxygen atoms in total. The van der Waals surface area contributed by atoms with Crippen molar-refractivity contribution in [1.82, 2.24) is 0 Å². The number of benzene rings is 2. The second-order valence-corrected chi connectivity index (χ2v) is 4.99. The van der Waals surface area contributed by atoms with E-state index in [2.05, 4.69) is 17.6 Å². The molecule has 0 radical (unpaired) electrons. The number of methoxy groups -OCH3 is 1. The summed E-state index contributed by atoms with van der Waals surface area (Å²) in [4.78, 5) is 12.4. The van der Waals surface area contributed by atoms with Crippen LogP contribution in [0.5, 0.6) is 5.75 Å². The van der Waals surface area contributed by atoms with E-state index in [4.69, 9.17) is 4.74 Å². The lowest BCUT2D eigenvalue weighted by atomic mass is 9.83. The molecule has 1 amide bonds. The molecule has 2 aromatic rings. The SMILES string of the molecule is C=C=C(c1ccc(OC)cc1)C1(O)C(=O)Nc2ccccc21. The van der Waals surface area contributed by atoms with E-state index in [1.165, 1.54) is 0 Å². The molecule has 1 heterocycles. The molecule has 1 aliphatic rings. The second-order valence-electron chi connectivity index (χ2n) is 4.99. The molecule has 0 saturated heterocycles. The summed E-state index contributed by atoms with van der Waals surface area (Å²) in [6, 6.07) is 14.1. The summed E-state index contributed by atoms with van der Waals surface area (Å²) >= 11 is 0. The second kappa shape index (κ2) is 5.19. The van der Waals surface area contributed by atoms with E-state index in [1.54, 1.807) is 55.6 Å². The van der Waals surface area contributed by atoms with Gasteiger partial charge in [-0.15, -0.1) is 5.73 Å². The molecule has 22 heavy (non-hydrogen) atoms. The maximum atomic E-state index is 12.4. The maximum Gasteiger partial charge on any atom is 0.266 e. The van der Waals surface area contributed by atoms with Crippen LogP contribution in [0.15, 0.2) is 60.8 Å². The Bertz CT molecular complexity index is 788. The molecule has 2 aromatic carbocycles. The van der Waals surface area contributed by atoms with Gasteiger partial charge < -0.3 is 15.2 Å². The number of nitrogens with one attached hydrogen (secondary N) is 1. The monoisotopic (exact) mass is 293 g/mol. The van der Waals surface area contributed by atoms with Crippen molar-refractivity contribution in [2.24, 2.45) is 0 Å². The number of ether oxygens (including phenoxy) is 1. The minimum absolute atomic E-state index is 0.317. The van der Waals surface area contributed by atoms with E-state index >= 15 is 0 Å². The summed E-state index contributed by atoms with van der Waals surface area (Å²) in [5.74, 6) is 0.186. The zero-order valence-electron chi connectivity index (χ0n) is 12.1. The lowest BCUT2D eigenvalue weighted by Gasteiger charge is -2.23. The summed E-state index contributed by atoms with van der Waals surface area (Å²) in [6.45, 7) is 3.64. The van der Waals surface area contributed by atoms with Crippen LogP contribution in [-0.4, -0.2) is 18.1 Å². The first-order valence-electron chi connectivity index (χ1n) is 6.79. The van der Waals surface area contributed by atoms with Gasteiger partial charge in [0.25, 0.3) is 5.91 Å². The molecule has 0 aromatic heterocycles. The fourth-order valence-corrected chi connectivity index (χ4v) is 2.69. The first-order valence-corrected chi connectivity index (χ1v) is 6.79. The standard InChI is InChI=1S/C18H15NO3/c1-3-14(12-8-10-13(22-2)11-9-12)18(21)15-6-4-5-7-16(15)19-17(18)20/h4-11,21H,1H2,2H3,(H,19,20). The molecule has 4 heteroatoms. The number of rotatable bonds is 3. The van der Waals surface area contributed by atoms with Crippen molar-refractivity contribution in [3.05, 3.63) is 72.0 Å². The number of amides is 1. The number of para-hydroxylation sites is 1. The summed E-state index contributed by atoms with van der Waals surface area (Å²) in [7, 11) is 1.58. The molecule has 0 saturated carbocycles. The number of carbonyl (C=O) groups is 1. The van der Waals surface area contributed by atoms with Crippen LogP contribution in [0, 0.1) is 0 Å². The van der Waals surface area contributed by atoms with Gasteiger partial charge in [0, 0.05) is 16.8 Å². The first kappa shape index (κ1) is 14.1. The highest BCUT2D eigenvalue weighted by atomic mass is 16.5. The number of hydrogen-bond acceptors (Lipinski definition) is 3. The predicted molar refractivity (Wildman–Crippen MR) is 84.5 cm³/mol. The Labute approximate surface area is 128 Å². The molecular weight excluding hydrogens is 278 g/mol. The minimum atomic E-state index is -1.80. The van der Waals surface area contributed by atoms with Gasteiger partial charge in [-0.2, -0.15) is 0 Å². The van der Waals surface area contributed by atoms with Crippen molar-refractivity contribution in [3.63, 3.8) is 0 Å². The molecule has 0 spiro atoms. The van der Waals surface area contributed by atoms with Gasteiger partial charge in [-0.1, -0.05) is 36.9 Å². The molecule has 0 fully saturated rings. The van der Waals surface area contributed by atoms with E-state index in [-0.39, 0.29) is 0 Å². The molecule has 0 bridgehead atoms. The van der Waals surface area contributed by atoms with E-state index in [0.717, 1.165) is 0 Å². The Morgan fingerprint density at radius 1 is 1.23 bits per heavy atom. The van der Waals surface area contributed by atoms with Gasteiger partial charge in [0.2, 0.25) is 5.60 Å². The molecule has 110 valence electrons. The van der Waals surface area contributed by atoms with Crippen molar-refractivity contribution in [2.45, 2.75) is 5.60 Å². The lowest BCUT2D eigenvalue weighted by Crippen LogP contribution is -2.35. The molecule has 1 atom stereocenters. The maximum absolute atomic E-state index is 12.4. The molecule has 1 aliphatic heterocycles. The predicted octanol–water partition coefficient (Wildman–Crippen LogP) is 2.70. The number of hydrogen-bond donors (Lipinski definition) is 2. The summed E-state index contributed by atoms with van der Waals surface area (Å²) in [5, 5.41) is 13.8. The summed E-state index contributed by atoms with van der Waals surface area (Å²) < 4.78 is 5.12. The molecular formula is C18H15NO3. The van der Waals surface area contributed by atoms with E-state index in [0.29, 0.717) is 28.1 Å². The van der Waals surface area contributed by atoms with Crippen LogP contribution in [0.25, 0.3) is 5.57 Å². The van der Waals surface area contributed by atoms with Crippen molar-refractivity contribution in [3.8, 4) is 5.75 Å². The van der Waals surface area contributed by atoms with Gasteiger partial charge in [-0.3, -0.25) is 4.79 Å². The Balaban J connectivity index is 2.14. The lowest BCUT2D eigenvalue weighted by molar-refractivity contribution is -0.128. The molecule has 1 unspecified atom stereocenters. The fourth-order valence-electron chi connectivity index (χ4n) is 2.69. The van der Waals surface area contributed by atoms with Gasteiger partial charge in [-0.25, -0.2) is 0 Å². The van der Waals surface area contributed by atoms with Gasteiger partial charge in [-0.05, 0) is 23.8 Å². The van der Waals surface area contributed by atoms with Crippen molar-refractivity contribution in [2.75, 3.05) is 12.4 Å². The van der Waals surface area contributed by atoms with Gasteiger partial charge in [0.15, 0.2) is 0 Å². The summed E-state index contributed by atoms with van der Waals surface area (Å²) in [6.07, 6.45) is 0. The number of fused-ring (bicyclic) bond motifs is 1. The third kappa shape index (κ3) is 1.94. The van der Waals surface area contributed by atoms with Crippen LogP contribution in [-0.2, 0) is 10.4 Å².